The van der Waals surface area contributed by atoms with Crippen LogP contribution in [0.2, 0.25) is 12.1 Å². The van der Waals surface area contributed by atoms with Crippen molar-refractivity contribution in [2.24, 2.45) is 0 Å². The standard InChI is InChI=1S/C44H52Si/c1-7-9-11-19-45(20-12-10-8-2,39-27-35-15-13-17-41(43(35)29-39)37-23-31(3)21-32(4)24-37)40-28-36-16-14-18-42(44(36)30-40)38-25-33(5)22-34(6)26-38/h13-18,21-26,29-30H,7-12,19-20,27-28H2,1-6H3. The number of hydrogen-bond donors (Lipinski definition) is 0. The van der Waals surface area contributed by atoms with Crippen molar-refractivity contribution in [3.05, 3.63) is 128 Å². The van der Waals surface area contributed by atoms with Crippen LogP contribution in [0.4, 0.5) is 0 Å². The average molecular weight is 609 g/mol. The molecule has 2 aliphatic carbocycles. The summed E-state index contributed by atoms with van der Waals surface area (Å²) >= 11 is 0. The largest absolute Gasteiger partial charge is 0.109 e. The predicted octanol–water partition coefficient (Wildman–Crippen LogP) is 12.7. The van der Waals surface area contributed by atoms with Gasteiger partial charge in [0.05, 0.1) is 0 Å². The molecule has 0 N–H and O–H groups in total. The smallest absolute Gasteiger partial charge is 0.0709 e. The van der Waals surface area contributed by atoms with Crippen LogP contribution in [0.5, 0.6) is 0 Å². The van der Waals surface area contributed by atoms with Crippen LogP contribution < -0.4 is 0 Å². The average Bonchev–Trinajstić information content (AvgIpc) is 3.65. The molecule has 1 heteroatoms. The molecule has 0 aliphatic heterocycles. The van der Waals surface area contributed by atoms with Crippen molar-refractivity contribution in [1.82, 2.24) is 0 Å². The number of hydrogen-bond acceptors (Lipinski definition) is 0. The lowest BCUT2D eigenvalue weighted by atomic mass is 9.95. The zero-order valence-corrected chi connectivity index (χ0v) is 29.7. The first kappa shape index (κ1) is 31.6. The molecule has 45 heavy (non-hydrogen) atoms. The van der Waals surface area contributed by atoms with Gasteiger partial charge in [0.1, 0.15) is 8.07 Å². The van der Waals surface area contributed by atoms with Crippen molar-refractivity contribution in [3.8, 4) is 22.3 Å². The third kappa shape index (κ3) is 6.47. The number of rotatable bonds is 12. The fourth-order valence-electron chi connectivity index (χ4n) is 8.44. The Balaban J connectivity index is 1.49. The molecule has 4 aromatic carbocycles. The lowest BCUT2D eigenvalue weighted by Gasteiger charge is -2.36. The Morgan fingerprint density at radius 1 is 0.511 bits per heavy atom. The highest BCUT2D eigenvalue weighted by molar-refractivity contribution is 6.94. The third-order valence-corrected chi connectivity index (χ3v) is 16.0. The Bertz CT molecular complexity index is 1590. The van der Waals surface area contributed by atoms with Crippen molar-refractivity contribution >= 4 is 20.2 Å². The number of unbranched alkanes of at least 4 members (excludes halogenated alkanes) is 4. The van der Waals surface area contributed by atoms with Gasteiger partial charge in [-0.1, -0.05) is 170 Å². The van der Waals surface area contributed by atoms with Crippen molar-refractivity contribution in [1.29, 1.82) is 0 Å². The van der Waals surface area contributed by atoms with E-state index in [1.54, 1.807) is 10.4 Å². The molecule has 0 spiro atoms. The molecular formula is C44H52Si. The van der Waals surface area contributed by atoms with Gasteiger partial charge in [-0.2, -0.15) is 0 Å². The molecule has 0 unspecified atom stereocenters. The van der Waals surface area contributed by atoms with Gasteiger partial charge in [0, 0.05) is 0 Å². The van der Waals surface area contributed by atoms with Crippen LogP contribution in [0.1, 0.15) is 96.9 Å². The Morgan fingerprint density at radius 3 is 1.29 bits per heavy atom. The molecule has 4 aromatic rings. The highest BCUT2D eigenvalue weighted by atomic mass is 28.3. The summed E-state index contributed by atoms with van der Waals surface area (Å²) in [6.07, 6.45) is 15.6. The minimum atomic E-state index is -1.97. The fraction of sp³-hybridized carbons (Fsp3) is 0.364. The van der Waals surface area contributed by atoms with Gasteiger partial charge in [0.15, 0.2) is 0 Å². The van der Waals surface area contributed by atoms with E-state index in [9.17, 15) is 0 Å². The summed E-state index contributed by atoms with van der Waals surface area (Å²) in [6.45, 7) is 13.7. The summed E-state index contributed by atoms with van der Waals surface area (Å²) < 4.78 is 0. The Kier molecular flexibility index (Phi) is 9.48. The molecule has 2 aliphatic rings. The molecule has 6 rings (SSSR count). The van der Waals surface area contributed by atoms with E-state index in [0.29, 0.717) is 0 Å². The van der Waals surface area contributed by atoms with Gasteiger partial charge in [-0.25, -0.2) is 0 Å². The van der Waals surface area contributed by atoms with Crippen LogP contribution in [0.25, 0.3) is 34.4 Å². The summed E-state index contributed by atoms with van der Waals surface area (Å²) in [4.78, 5) is 0. The second-order valence-electron chi connectivity index (χ2n) is 14.2. The van der Waals surface area contributed by atoms with Gasteiger partial charge in [0.25, 0.3) is 0 Å². The quantitative estimate of drug-likeness (QED) is 0.111. The topological polar surface area (TPSA) is 0 Å². The predicted molar refractivity (Wildman–Crippen MR) is 200 cm³/mol. The van der Waals surface area contributed by atoms with Crippen LogP contribution >= 0.6 is 0 Å². The first-order chi connectivity index (χ1) is 21.8. The number of benzene rings is 4. The zero-order chi connectivity index (χ0) is 31.6. The van der Waals surface area contributed by atoms with Gasteiger partial charge >= 0.3 is 0 Å². The van der Waals surface area contributed by atoms with E-state index in [0.717, 1.165) is 12.8 Å². The molecule has 0 atom stereocenters. The van der Waals surface area contributed by atoms with Crippen molar-refractivity contribution in [2.45, 2.75) is 105 Å². The van der Waals surface area contributed by atoms with Crippen LogP contribution in [-0.2, 0) is 12.8 Å². The maximum atomic E-state index is 2.71. The maximum Gasteiger partial charge on any atom is 0.109 e. The minimum Gasteiger partial charge on any atom is -0.0709 e. The van der Waals surface area contributed by atoms with E-state index in [-0.39, 0.29) is 0 Å². The number of allylic oxidation sites excluding steroid dienone is 2. The molecule has 0 aromatic heterocycles. The second kappa shape index (κ2) is 13.5. The monoisotopic (exact) mass is 608 g/mol. The van der Waals surface area contributed by atoms with Crippen LogP contribution in [0, 0.1) is 27.7 Å². The summed E-state index contributed by atoms with van der Waals surface area (Å²) in [7, 11) is -1.97. The van der Waals surface area contributed by atoms with E-state index < -0.39 is 8.07 Å². The molecule has 0 saturated heterocycles. The molecule has 0 saturated carbocycles. The molecular weight excluding hydrogens is 557 g/mol. The van der Waals surface area contributed by atoms with Crippen LogP contribution in [0.15, 0.2) is 83.2 Å². The Labute approximate surface area is 274 Å². The van der Waals surface area contributed by atoms with Gasteiger partial charge in [-0.15, -0.1) is 0 Å². The molecule has 0 fully saturated rings. The molecule has 232 valence electrons. The molecule has 0 heterocycles. The summed E-state index contributed by atoms with van der Waals surface area (Å²) in [6, 6.07) is 31.1. The second-order valence-corrected chi connectivity index (χ2v) is 18.6. The van der Waals surface area contributed by atoms with Gasteiger partial charge in [0.2, 0.25) is 0 Å². The first-order valence-corrected chi connectivity index (χ1v) is 20.1. The third-order valence-electron chi connectivity index (χ3n) is 10.5. The zero-order valence-electron chi connectivity index (χ0n) is 28.7. The van der Waals surface area contributed by atoms with E-state index in [2.05, 4.69) is 126 Å². The summed E-state index contributed by atoms with van der Waals surface area (Å²) in [5, 5.41) is 3.60. The molecule has 0 nitrogen and oxygen atoms in total. The summed E-state index contributed by atoms with van der Waals surface area (Å²) in [5.41, 5.74) is 17.0. The van der Waals surface area contributed by atoms with Crippen molar-refractivity contribution in [3.63, 3.8) is 0 Å². The first-order valence-electron chi connectivity index (χ1n) is 17.6. The summed E-state index contributed by atoms with van der Waals surface area (Å²) in [5.74, 6) is 0. The Hall–Kier alpha value is -3.42. The number of fused-ring (bicyclic) bond motifs is 2. The van der Waals surface area contributed by atoms with Crippen LogP contribution in [0.3, 0.4) is 0 Å². The normalized spacial score (nSPS) is 13.9. The van der Waals surface area contributed by atoms with E-state index in [1.807, 2.05) is 0 Å². The number of aryl methyl sites for hydroxylation is 4. The lowest BCUT2D eigenvalue weighted by molar-refractivity contribution is 0.739. The molecule has 0 amide bonds. The van der Waals surface area contributed by atoms with Crippen molar-refractivity contribution in [2.75, 3.05) is 0 Å². The highest BCUT2D eigenvalue weighted by Crippen LogP contribution is 2.48. The molecule has 0 bridgehead atoms. The molecule has 0 radical (unpaired) electrons. The van der Waals surface area contributed by atoms with Gasteiger partial charge in [-0.05, 0) is 97.1 Å². The minimum absolute atomic E-state index is 1.13. The van der Waals surface area contributed by atoms with Gasteiger partial charge in [-0.3, -0.25) is 0 Å². The van der Waals surface area contributed by atoms with E-state index >= 15 is 0 Å². The highest BCUT2D eigenvalue weighted by Gasteiger charge is 2.43. The van der Waals surface area contributed by atoms with E-state index in [1.165, 1.54) is 117 Å². The van der Waals surface area contributed by atoms with E-state index in [4.69, 9.17) is 0 Å². The maximum absolute atomic E-state index is 2.71. The van der Waals surface area contributed by atoms with Gasteiger partial charge < -0.3 is 0 Å². The van der Waals surface area contributed by atoms with Crippen molar-refractivity contribution < 1.29 is 0 Å². The lowest BCUT2D eigenvalue weighted by Crippen LogP contribution is -2.40. The SMILES string of the molecule is CCCCC[Si](CCCCC)(C1=Cc2c(cccc2-c2cc(C)cc(C)c2)C1)C1=Cc2c(cccc2-c2cc(C)cc(C)c2)C1. The Morgan fingerprint density at radius 2 is 0.911 bits per heavy atom. The van der Waals surface area contributed by atoms with Crippen LogP contribution in [-0.4, -0.2) is 8.07 Å². The fourth-order valence-corrected chi connectivity index (χ4v) is 14.0.